The fourth-order valence-electron chi connectivity index (χ4n) is 1.95. The molecule has 3 N–H and O–H groups in total. The first-order valence-corrected chi connectivity index (χ1v) is 6.75. The Morgan fingerprint density at radius 2 is 2.10 bits per heavy atom. The summed E-state index contributed by atoms with van der Waals surface area (Å²) in [5.41, 5.74) is 1.79. The van der Waals surface area contributed by atoms with Crippen LogP contribution in [0.15, 0.2) is 30.5 Å². The Labute approximate surface area is 118 Å². The Balaban J connectivity index is 1.97. The number of rotatable bonds is 4. The normalized spacial score (nSPS) is 12.7. The minimum atomic E-state index is -0.531. The molecule has 0 aliphatic carbocycles. The second kappa shape index (κ2) is 5.96. The maximum atomic E-state index is 11.8. The van der Waals surface area contributed by atoms with Gasteiger partial charge in [0.1, 0.15) is 0 Å². The molecule has 1 aromatic carbocycles. The van der Waals surface area contributed by atoms with Crippen LogP contribution in [0, 0.1) is 5.92 Å². The number of carbonyl (C=O) groups is 1. The summed E-state index contributed by atoms with van der Waals surface area (Å²) in [5.74, 6) is 0.120. The van der Waals surface area contributed by atoms with Gasteiger partial charge in [0.2, 0.25) is 0 Å². The number of amides is 2. The van der Waals surface area contributed by atoms with Crippen LogP contribution in [-0.2, 0) is 7.05 Å². The minimum absolute atomic E-state index is 0.120. The number of benzene rings is 1. The van der Waals surface area contributed by atoms with Crippen molar-refractivity contribution in [2.45, 2.75) is 20.0 Å². The number of urea groups is 1. The van der Waals surface area contributed by atoms with E-state index in [9.17, 15) is 9.90 Å². The average Bonchev–Trinajstić information content (AvgIpc) is 2.77. The number of aliphatic hydroxyl groups excluding tert-OH is 1. The molecule has 0 spiro atoms. The first-order valence-electron chi connectivity index (χ1n) is 6.75. The fraction of sp³-hybridized carbons (Fsp3) is 0.400. The van der Waals surface area contributed by atoms with Crippen LogP contribution in [0.25, 0.3) is 10.9 Å². The van der Waals surface area contributed by atoms with Gasteiger partial charge in [-0.25, -0.2) is 4.79 Å². The highest BCUT2D eigenvalue weighted by molar-refractivity contribution is 5.92. The quantitative estimate of drug-likeness (QED) is 0.801. The molecule has 0 aliphatic heterocycles. The van der Waals surface area contributed by atoms with E-state index in [2.05, 4.69) is 10.6 Å². The van der Waals surface area contributed by atoms with Crippen molar-refractivity contribution < 1.29 is 9.90 Å². The number of hydrogen-bond donors (Lipinski definition) is 3. The van der Waals surface area contributed by atoms with Gasteiger partial charge in [-0.15, -0.1) is 0 Å². The molecule has 1 atom stereocenters. The van der Waals surface area contributed by atoms with Crippen LogP contribution < -0.4 is 10.6 Å². The highest BCUT2D eigenvalue weighted by Gasteiger charge is 2.10. The molecule has 2 amide bonds. The average molecular weight is 275 g/mol. The van der Waals surface area contributed by atoms with E-state index in [4.69, 9.17) is 0 Å². The van der Waals surface area contributed by atoms with E-state index in [0.29, 0.717) is 0 Å². The third-order valence-corrected chi connectivity index (χ3v) is 3.39. The van der Waals surface area contributed by atoms with Crippen LogP contribution in [0.3, 0.4) is 0 Å². The minimum Gasteiger partial charge on any atom is -0.391 e. The van der Waals surface area contributed by atoms with Crippen LogP contribution in [-0.4, -0.2) is 28.4 Å². The summed E-state index contributed by atoms with van der Waals surface area (Å²) in [4.78, 5) is 11.8. The number of hydrogen-bond acceptors (Lipinski definition) is 2. The van der Waals surface area contributed by atoms with E-state index in [0.717, 1.165) is 16.6 Å². The van der Waals surface area contributed by atoms with E-state index in [1.54, 1.807) is 0 Å². The second-order valence-corrected chi connectivity index (χ2v) is 5.35. The van der Waals surface area contributed by atoms with Crippen molar-refractivity contribution in [2.24, 2.45) is 13.0 Å². The van der Waals surface area contributed by atoms with Gasteiger partial charge in [0.15, 0.2) is 0 Å². The molecule has 0 bridgehead atoms. The van der Waals surface area contributed by atoms with Crippen LogP contribution in [0.1, 0.15) is 13.8 Å². The molecule has 20 heavy (non-hydrogen) atoms. The van der Waals surface area contributed by atoms with Crippen LogP contribution >= 0.6 is 0 Å². The first-order chi connectivity index (χ1) is 9.47. The molecule has 1 unspecified atom stereocenters. The zero-order valence-corrected chi connectivity index (χ0v) is 12.1. The zero-order valence-electron chi connectivity index (χ0n) is 12.1. The van der Waals surface area contributed by atoms with Crippen molar-refractivity contribution in [1.82, 2.24) is 9.88 Å². The zero-order chi connectivity index (χ0) is 14.7. The number of nitrogens with one attached hydrogen (secondary N) is 2. The van der Waals surface area contributed by atoms with Crippen LogP contribution in [0.5, 0.6) is 0 Å². The monoisotopic (exact) mass is 275 g/mol. The lowest BCUT2D eigenvalue weighted by Gasteiger charge is -2.15. The summed E-state index contributed by atoms with van der Waals surface area (Å²) >= 11 is 0. The van der Waals surface area contributed by atoms with Gasteiger partial charge >= 0.3 is 6.03 Å². The van der Waals surface area contributed by atoms with Crippen molar-refractivity contribution in [3.05, 3.63) is 30.5 Å². The SMILES string of the molecule is CC(C)C(O)CNC(=O)Nc1ccc2ccn(C)c2c1. The Hall–Kier alpha value is -2.01. The van der Waals surface area contributed by atoms with E-state index >= 15 is 0 Å². The van der Waals surface area contributed by atoms with E-state index in [1.807, 2.05) is 55.9 Å². The lowest BCUT2D eigenvalue weighted by atomic mass is 10.1. The van der Waals surface area contributed by atoms with Gasteiger partial charge in [-0.1, -0.05) is 19.9 Å². The molecule has 1 aromatic heterocycles. The number of nitrogens with zero attached hydrogens (tertiary/aromatic N) is 1. The van der Waals surface area contributed by atoms with Gasteiger partial charge in [0.25, 0.3) is 0 Å². The van der Waals surface area contributed by atoms with Crippen molar-refractivity contribution >= 4 is 22.6 Å². The van der Waals surface area contributed by atoms with Crippen molar-refractivity contribution in [1.29, 1.82) is 0 Å². The Kier molecular flexibility index (Phi) is 4.29. The molecule has 5 nitrogen and oxygen atoms in total. The lowest BCUT2D eigenvalue weighted by molar-refractivity contribution is 0.126. The standard InChI is InChI=1S/C15H21N3O2/c1-10(2)14(19)9-16-15(20)17-12-5-4-11-6-7-18(3)13(11)8-12/h4-8,10,14,19H,9H2,1-3H3,(H2,16,17,20). The molecule has 0 saturated carbocycles. The van der Waals surface area contributed by atoms with Crippen molar-refractivity contribution in [3.63, 3.8) is 0 Å². The highest BCUT2D eigenvalue weighted by Crippen LogP contribution is 2.19. The Morgan fingerprint density at radius 3 is 2.80 bits per heavy atom. The van der Waals surface area contributed by atoms with Gasteiger partial charge in [0, 0.05) is 31.0 Å². The number of aromatic nitrogens is 1. The maximum absolute atomic E-state index is 11.8. The number of aryl methyl sites for hydroxylation is 1. The van der Waals surface area contributed by atoms with Crippen molar-refractivity contribution in [2.75, 3.05) is 11.9 Å². The molecule has 0 radical (unpaired) electrons. The van der Waals surface area contributed by atoms with Gasteiger partial charge < -0.3 is 20.3 Å². The maximum Gasteiger partial charge on any atom is 0.319 e. The summed E-state index contributed by atoms with van der Waals surface area (Å²) in [5, 5.41) is 16.2. The summed E-state index contributed by atoms with van der Waals surface area (Å²) in [7, 11) is 1.96. The number of anilines is 1. The Morgan fingerprint density at radius 1 is 1.35 bits per heavy atom. The predicted octanol–water partition coefficient (Wildman–Crippen LogP) is 2.32. The van der Waals surface area contributed by atoms with E-state index in [1.165, 1.54) is 0 Å². The van der Waals surface area contributed by atoms with Gasteiger partial charge in [0.05, 0.1) is 6.10 Å². The molecule has 108 valence electrons. The molecule has 0 aliphatic rings. The largest absolute Gasteiger partial charge is 0.391 e. The third kappa shape index (κ3) is 3.30. The molecule has 0 saturated heterocycles. The highest BCUT2D eigenvalue weighted by atomic mass is 16.3. The molecular formula is C15H21N3O2. The molecule has 0 fully saturated rings. The molecule has 2 aromatic rings. The smallest absolute Gasteiger partial charge is 0.319 e. The van der Waals surface area contributed by atoms with E-state index in [-0.39, 0.29) is 18.5 Å². The molecular weight excluding hydrogens is 254 g/mol. The van der Waals surface area contributed by atoms with E-state index < -0.39 is 6.10 Å². The summed E-state index contributed by atoms with van der Waals surface area (Å²) < 4.78 is 2.00. The van der Waals surface area contributed by atoms with Gasteiger partial charge in [-0.2, -0.15) is 0 Å². The number of aliphatic hydroxyl groups is 1. The van der Waals surface area contributed by atoms with Gasteiger partial charge in [-0.05, 0) is 29.5 Å². The van der Waals surface area contributed by atoms with Crippen LogP contribution in [0.4, 0.5) is 10.5 Å². The van der Waals surface area contributed by atoms with Crippen molar-refractivity contribution in [3.8, 4) is 0 Å². The lowest BCUT2D eigenvalue weighted by Crippen LogP contribution is -2.37. The molecule has 5 heteroatoms. The summed E-state index contributed by atoms with van der Waals surface area (Å²) in [6, 6.07) is 7.47. The second-order valence-electron chi connectivity index (χ2n) is 5.35. The summed E-state index contributed by atoms with van der Waals surface area (Å²) in [6.07, 6.45) is 1.45. The molecule has 1 heterocycles. The third-order valence-electron chi connectivity index (χ3n) is 3.39. The van der Waals surface area contributed by atoms with Gasteiger partial charge in [-0.3, -0.25) is 0 Å². The molecule has 2 rings (SSSR count). The first kappa shape index (κ1) is 14.4. The Bertz CT molecular complexity index is 604. The summed E-state index contributed by atoms with van der Waals surface area (Å²) in [6.45, 7) is 4.07. The van der Waals surface area contributed by atoms with Crippen LogP contribution in [0.2, 0.25) is 0 Å². The number of fused-ring (bicyclic) bond motifs is 1. The fourth-order valence-corrected chi connectivity index (χ4v) is 1.95. The number of carbonyl (C=O) groups excluding carboxylic acids is 1. The predicted molar refractivity (Wildman–Crippen MR) is 80.8 cm³/mol. The topological polar surface area (TPSA) is 66.3 Å².